The number of aliphatic carboxylic acids is 1. The Kier molecular flexibility index (Phi) is 6.98. The molecular formula is C19H25NO5. The first kappa shape index (κ1) is 19.0. The van der Waals surface area contributed by atoms with Gasteiger partial charge in [-0.25, -0.2) is 0 Å². The van der Waals surface area contributed by atoms with Gasteiger partial charge in [0.25, 0.3) is 0 Å². The molecule has 1 unspecified atom stereocenters. The van der Waals surface area contributed by atoms with Crippen LogP contribution in [0.1, 0.15) is 55.8 Å². The highest BCUT2D eigenvalue weighted by molar-refractivity contribution is 5.98. The van der Waals surface area contributed by atoms with Crippen LogP contribution in [0.5, 0.6) is 5.75 Å². The number of rotatable bonds is 9. The first-order valence-corrected chi connectivity index (χ1v) is 8.78. The molecule has 1 aromatic carbocycles. The molecule has 0 spiro atoms. The Morgan fingerprint density at radius 1 is 1.20 bits per heavy atom. The van der Waals surface area contributed by atoms with Crippen LogP contribution < -0.4 is 4.74 Å². The van der Waals surface area contributed by atoms with Crippen LogP contribution in [0.25, 0.3) is 0 Å². The number of ketones is 1. The van der Waals surface area contributed by atoms with E-state index in [4.69, 9.17) is 9.84 Å². The number of Topliss-reactive ketones (excluding diaryl/α,β-unsaturated/α-hetero) is 1. The predicted molar refractivity (Wildman–Crippen MR) is 92.8 cm³/mol. The van der Waals surface area contributed by atoms with Crippen molar-refractivity contribution < 1.29 is 24.2 Å². The molecule has 6 heteroatoms. The Balaban J connectivity index is 1.84. The molecule has 1 amide bonds. The lowest BCUT2D eigenvalue weighted by molar-refractivity contribution is -0.139. The number of nitrogens with zero attached hydrogens (tertiary/aromatic N) is 1. The van der Waals surface area contributed by atoms with Crippen LogP contribution in [-0.4, -0.2) is 46.9 Å². The summed E-state index contributed by atoms with van der Waals surface area (Å²) in [4.78, 5) is 37.0. The first-order valence-electron chi connectivity index (χ1n) is 8.78. The van der Waals surface area contributed by atoms with E-state index in [0.717, 1.165) is 18.6 Å². The number of carboxylic acid groups (broad SMARTS) is 1. The van der Waals surface area contributed by atoms with E-state index in [2.05, 4.69) is 0 Å². The number of carbonyl (C=O) groups excluding carboxylic acids is 2. The van der Waals surface area contributed by atoms with Gasteiger partial charge in [0, 0.05) is 31.0 Å². The zero-order valence-electron chi connectivity index (χ0n) is 14.6. The highest BCUT2D eigenvalue weighted by atomic mass is 16.5. The number of hydrogen-bond donors (Lipinski definition) is 1. The standard InChI is InChI=1S/C19H25NO5/c1-2-12-25-16-7-5-14(6-8-16)17(21)9-10-18(22)20-11-3-4-15(20)13-19(23)24/h5-8,15H,2-4,9-13H2,1H3,(H,23,24). The quantitative estimate of drug-likeness (QED) is 0.694. The Labute approximate surface area is 147 Å². The number of benzene rings is 1. The van der Waals surface area contributed by atoms with Gasteiger partial charge in [-0.1, -0.05) is 6.92 Å². The summed E-state index contributed by atoms with van der Waals surface area (Å²) in [6, 6.07) is 6.69. The molecule has 0 aromatic heterocycles. The third kappa shape index (κ3) is 5.59. The van der Waals surface area contributed by atoms with E-state index >= 15 is 0 Å². The molecule has 0 bridgehead atoms. The van der Waals surface area contributed by atoms with Gasteiger partial charge in [0.05, 0.1) is 13.0 Å². The molecule has 0 aliphatic carbocycles. The monoisotopic (exact) mass is 347 g/mol. The minimum Gasteiger partial charge on any atom is -0.494 e. The van der Waals surface area contributed by atoms with Gasteiger partial charge in [-0.05, 0) is 43.5 Å². The highest BCUT2D eigenvalue weighted by Gasteiger charge is 2.30. The molecule has 1 saturated heterocycles. The summed E-state index contributed by atoms with van der Waals surface area (Å²) >= 11 is 0. The van der Waals surface area contributed by atoms with Gasteiger partial charge in [-0.3, -0.25) is 14.4 Å². The van der Waals surface area contributed by atoms with E-state index < -0.39 is 5.97 Å². The van der Waals surface area contributed by atoms with Crippen molar-refractivity contribution >= 4 is 17.7 Å². The van der Waals surface area contributed by atoms with Crippen LogP contribution in [0.2, 0.25) is 0 Å². The van der Waals surface area contributed by atoms with Gasteiger partial charge in [0.1, 0.15) is 5.75 Å². The van der Waals surface area contributed by atoms with Crippen molar-refractivity contribution in [2.45, 2.75) is 51.5 Å². The van der Waals surface area contributed by atoms with E-state index in [9.17, 15) is 14.4 Å². The molecular weight excluding hydrogens is 322 g/mol. The second-order valence-electron chi connectivity index (χ2n) is 6.28. The fourth-order valence-corrected chi connectivity index (χ4v) is 3.04. The van der Waals surface area contributed by atoms with Crippen LogP contribution in [0.4, 0.5) is 0 Å². The molecule has 1 aromatic rings. The molecule has 0 radical (unpaired) electrons. The van der Waals surface area contributed by atoms with Crippen LogP contribution in [0, 0.1) is 0 Å². The van der Waals surface area contributed by atoms with Gasteiger partial charge in [-0.15, -0.1) is 0 Å². The summed E-state index contributed by atoms with van der Waals surface area (Å²) in [5.74, 6) is -0.404. The normalized spacial score (nSPS) is 16.7. The van der Waals surface area contributed by atoms with Crippen LogP contribution in [0.15, 0.2) is 24.3 Å². The molecule has 0 saturated carbocycles. The van der Waals surface area contributed by atoms with Crippen LogP contribution >= 0.6 is 0 Å². The first-order chi connectivity index (χ1) is 12.0. The second-order valence-corrected chi connectivity index (χ2v) is 6.28. The van der Waals surface area contributed by atoms with Crippen molar-refractivity contribution in [3.8, 4) is 5.75 Å². The second kappa shape index (κ2) is 9.20. The zero-order chi connectivity index (χ0) is 18.2. The lowest BCUT2D eigenvalue weighted by Gasteiger charge is -2.23. The highest BCUT2D eigenvalue weighted by Crippen LogP contribution is 2.22. The van der Waals surface area contributed by atoms with Crippen molar-refractivity contribution in [1.82, 2.24) is 4.90 Å². The summed E-state index contributed by atoms with van der Waals surface area (Å²) < 4.78 is 5.48. The fourth-order valence-electron chi connectivity index (χ4n) is 3.04. The summed E-state index contributed by atoms with van der Waals surface area (Å²) in [6.07, 6.45) is 2.66. The number of ether oxygens (including phenoxy) is 1. The summed E-state index contributed by atoms with van der Waals surface area (Å²) in [7, 11) is 0. The largest absolute Gasteiger partial charge is 0.494 e. The fraction of sp³-hybridized carbons (Fsp3) is 0.526. The van der Waals surface area contributed by atoms with Crippen LogP contribution in [-0.2, 0) is 9.59 Å². The summed E-state index contributed by atoms with van der Waals surface area (Å²) in [5.41, 5.74) is 0.556. The average Bonchev–Trinajstić information content (AvgIpc) is 3.05. The number of likely N-dealkylation sites (tertiary alicyclic amines) is 1. The topological polar surface area (TPSA) is 83.9 Å². The third-order valence-electron chi connectivity index (χ3n) is 4.32. The summed E-state index contributed by atoms with van der Waals surface area (Å²) in [5, 5.41) is 8.91. The van der Waals surface area contributed by atoms with Gasteiger partial charge >= 0.3 is 5.97 Å². The minimum atomic E-state index is -0.897. The number of carbonyl (C=O) groups is 3. The lowest BCUT2D eigenvalue weighted by atomic mass is 10.1. The van der Waals surface area contributed by atoms with E-state index in [1.54, 1.807) is 29.2 Å². The van der Waals surface area contributed by atoms with E-state index in [1.807, 2.05) is 6.92 Å². The van der Waals surface area contributed by atoms with Crippen LogP contribution in [0.3, 0.4) is 0 Å². The number of carboxylic acids is 1. The van der Waals surface area contributed by atoms with Crippen molar-refractivity contribution in [3.63, 3.8) is 0 Å². The molecule has 1 atom stereocenters. The number of hydrogen-bond acceptors (Lipinski definition) is 4. The van der Waals surface area contributed by atoms with Gasteiger partial charge in [0.15, 0.2) is 5.78 Å². The van der Waals surface area contributed by atoms with Crippen molar-refractivity contribution in [3.05, 3.63) is 29.8 Å². The molecule has 136 valence electrons. The van der Waals surface area contributed by atoms with Crippen molar-refractivity contribution in [1.29, 1.82) is 0 Å². The maximum atomic E-state index is 12.3. The van der Waals surface area contributed by atoms with Gasteiger partial charge in [-0.2, -0.15) is 0 Å². The smallest absolute Gasteiger partial charge is 0.305 e. The Bertz CT molecular complexity index is 611. The average molecular weight is 347 g/mol. The van der Waals surface area contributed by atoms with Crippen molar-refractivity contribution in [2.24, 2.45) is 0 Å². The minimum absolute atomic E-state index is 0.0289. The Morgan fingerprint density at radius 3 is 2.56 bits per heavy atom. The van der Waals surface area contributed by atoms with Gasteiger partial charge in [0.2, 0.25) is 5.91 Å². The predicted octanol–water partition coefficient (Wildman–Crippen LogP) is 2.90. The Morgan fingerprint density at radius 2 is 1.92 bits per heavy atom. The zero-order valence-corrected chi connectivity index (χ0v) is 14.6. The molecule has 1 N–H and O–H groups in total. The van der Waals surface area contributed by atoms with E-state index in [0.29, 0.717) is 25.1 Å². The van der Waals surface area contributed by atoms with Gasteiger partial charge < -0.3 is 14.7 Å². The van der Waals surface area contributed by atoms with E-state index in [-0.39, 0.29) is 37.0 Å². The number of amides is 1. The summed E-state index contributed by atoms with van der Waals surface area (Å²) in [6.45, 7) is 3.24. The molecule has 1 heterocycles. The maximum absolute atomic E-state index is 12.3. The Hall–Kier alpha value is -2.37. The molecule has 1 aliphatic heterocycles. The van der Waals surface area contributed by atoms with Crippen molar-refractivity contribution in [2.75, 3.05) is 13.2 Å². The lowest BCUT2D eigenvalue weighted by Crippen LogP contribution is -2.36. The van der Waals surface area contributed by atoms with E-state index in [1.165, 1.54) is 0 Å². The SMILES string of the molecule is CCCOc1ccc(C(=O)CCC(=O)N2CCCC2CC(=O)O)cc1. The molecule has 1 fully saturated rings. The molecule has 2 rings (SSSR count). The maximum Gasteiger partial charge on any atom is 0.305 e. The molecule has 1 aliphatic rings. The molecule has 6 nitrogen and oxygen atoms in total. The third-order valence-corrected chi connectivity index (χ3v) is 4.32. The molecule has 25 heavy (non-hydrogen) atoms.